The molecule has 1 saturated heterocycles. The smallest absolute Gasteiger partial charge is 0.415 e. The van der Waals surface area contributed by atoms with E-state index in [0.717, 1.165) is 24.5 Å². The van der Waals surface area contributed by atoms with Crippen molar-refractivity contribution in [3.8, 4) is 0 Å². The lowest BCUT2D eigenvalue weighted by atomic mass is 9.77. The third-order valence-corrected chi connectivity index (χ3v) is 5.27. The molecule has 1 aromatic heterocycles. The van der Waals surface area contributed by atoms with Gasteiger partial charge in [-0.2, -0.15) is 13.2 Å². The number of aromatic nitrogens is 2. The molecule has 3 heterocycles. The molecule has 2 unspecified atom stereocenters. The minimum atomic E-state index is -4.73. The number of ether oxygens (including phenoxy) is 2. The van der Waals surface area contributed by atoms with Gasteiger partial charge >= 0.3 is 6.18 Å². The fourth-order valence-corrected chi connectivity index (χ4v) is 3.77. The molecule has 0 radical (unpaired) electrons. The number of amides is 1. The van der Waals surface area contributed by atoms with Crippen LogP contribution >= 0.6 is 0 Å². The predicted octanol–water partition coefficient (Wildman–Crippen LogP) is 2.46. The van der Waals surface area contributed by atoms with E-state index in [0.29, 0.717) is 0 Å². The first-order valence-electron chi connectivity index (χ1n) is 9.29. The van der Waals surface area contributed by atoms with E-state index in [9.17, 15) is 26.7 Å². The van der Waals surface area contributed by atoms with Crippen LogP contribution in [0.5, 0.6) is 0 Å². The van der Waals surface area contributed by atoms with Crippen molar-refractivity contribution in [1.82, 2.24) is 9.97 Å². The van der Waals surface area contributed by atoms with E-state index in [-0.39, 0.29) is 22.6 Å². The molecule has 3 atom stereocenters. The first-order chi connectivity index (χ1) is 15.1. The van der Waals surface area contributed by atoms with Crippen molar-refractivity contribution < 1.29 is 36.2 Å². The number of fused-ring (bicyclic) bond motifs is 1. The first kappa shape index (κ1) is 21.9. The molecule has 32 heavy (non-hydrogen) atoms. The van der Waals surface area contributed by atoms with Crippen LogP contribution in [0.3, 0.4) is 0 Å². The Morgan fingerprint density at radius 3 is 2.72 bits per heavy atom. The molecule has 3 N–H and O–H groups in total. The molecular weight excluding hydrogens is 441 g/mol. The van der Waals surface area contributed by atoms with Crippen molar-refractivity contribution in [3.05, 3.63) is 53.4 Å². The minimum Gasteiger partial charge on any atom is -0.465 e. The number of nitrogens with one attached hydrogen (secondary N) is 1. The number of halogens is 5. The van der Waals surface area contributed by atoms with Crippen molar-refractivity contribution in [2.45, 2.75) is 24.5 Å². The highest BCUT2D eigenvalue weighted by atomic mass is 19.4. The van der Waals surface area contributed by atoms with Crippen LogP contribution in [-0.4, -0.2) is 47.4 Å². The van der Waals surface area contributed by atoms with Gasteiger partial charge in [-0.25, -0.2) is 18.8 Å². The summed E-state index contributed by atoms with van der Waals surface area (Å²) in [4.78, 5) is 23.9. The van der Waals surface area contributed by atoms with Crippen LogP contribution in [0.15, 0.2) is 35.6 Å². The molecule has 170 valence electrons. The normalized spacial score (nSPS) is 25.0. The number of hydrogen-bond donors (Lipinski definition) is 2. The number of anilines is 1. The summed E-state index contributed by atoms with van der Waals surface area (Å²) in [5.41, 5.74) is 3.51. The molecular formula is C19H16F5N5O3. The Kier molecular flexibility index (Phi) is 5.44. The van der Waals surface area contributed by atoms with E-state index in [4.69, 9.17) is 15.2 Å². The summed E-state index contributed by atoms with van der Waals surface area (Å²) in [6.07, 6.45) is -4.82. The van der Waals surface area contributed by atoms with Crippen molar-refractivity contribution in [2.75, 3.05) is 18.5 Å². The van der Waals surface area contributed by atoms with Gasteiger partial charge in [0.2, 0.25) is 0 Å². The fraction of sp³-hybridized carbons (Fsp3) is 0.368. The highest BCUT2D eigenvalue weighted by Crippen LogP contribution is 2.50. The molecule has 2 aliphatic heterocycles. The Morgan fingerprint density at radius 2 is 2.06 bits per heavy atom. The monoisotopic (exact) mass is 457 g/mol. The molecule has 0 aliphatic carbocycles. The van der Waals surface area contributed by atoms with Gasteiger partial charge in [0.25, 0.3) is 11.9 Å². The summed E-state index contributed by atoms with van der Waals surface area (Å²) in [7, 11) is 0. The quantitative estimate of drug-likeness (QED) is 0.683. The van der Waals surface area contributed by atoms with Gasteiger partial charge in [0, 0.05) is 11.3 Å². The first-order valence-corrected chi connectivity index (χ1v) is 9.29. The number of rotatable bonds is 4. The third kappa shape index (κ3) is 3.83. The molecule has 0 saturated carbocycles. The molecule has 13 heteroatoms. The SMILES string of the molecule is NC1=NC2(c3cc(NC(=O)c4cnc(CF)cn4)ccc3F)CO[C@H](C(F)(F)F)C2CO1. The van der Waals surface area contributed by atoms with Gasteiger partial charge in [0.15, 0.2) is 6.10 Å². The summed E-state index contributed by atoms with van der Waals surface area (Å²) in [6.45, 7) is -1.92. The summed E-state index contributed by atoms with van der Waals surface area (Å²) < 4.78 is 77.7. The zero-order valence-electron chi connectivity index (χ0n) is 16.2. The molecule has 1 fully saturated rings. The van der Waals surface area contributed by atoms with Crippen molar-refractivity contribution >= 4 is 17.6 Å². The van der Waals surface area contributed by atoms with Gasteiger partial charge < -0.3 is 20.5 Å². The van der Waals surface area contributed by atoms with Gasteiger partial charge in [-0.1, -0.05) is 0 Å². The van der Waals surface area contributed by atoms with Crippen LogP contribution in [0.1, 0.15) is 21.7 Å². The summed E-state index contributed by atoms with van der Waals surface area (Å²) >= 11 is 0. The van der Waals surface area contributed by atoms with Gasteiger partial charge in [-0.3, -0.25) is 9.78 Å². The number of benzene rings is 1. The molecule has 1 amide bonds. The molecule has 1 aromatic carbocycles. The Bertz CT molecular complexity index is 1060. The summed E-state index contributed by atoms with van der Waals surface area (Å²) in [5, 5.41) is 2.46. The Labute approximate surface area is 177 Å². The minimum absolute atomic E-state index is 0.0335. The average molecular weight is 457 g/mol. The Balaban J connectivity index is 1.68. The molecule has 8 nitrogen and oxygen atoms in total. The van der Waals surface area contributed by atoms with Gasteiger partial charge in [0.1, 0.15) is 23.7 Å². The molecule has 2 aromatic rings. The van der Waals surface area contributed by atoms with Crippen molar-refractivity contribution in [3.63, 3.8) is 0 Å². The van der Waals surface area contributed by atoms with Gasteiger partial charge in [-0.15, -0.1) is 0 Å². The van der Waals surface area contributed by atoms with Crippen molar-refractivity contribution in [1.29, 1.82) is 0 Å². The van der Waals surface area contributed by atoms with Crippen LogP contribution in [-0.2, 0) is 21.7 Å². The van der Waals surface area contributed by atoms with Gasteiger partial charge in [-0.05, 0) is 18.2 Å². The number of alkyl halides is 4. The molecule has 0 bridgehead atoms. The van der Waals surface area contributed by atoms with E-state index in [1.165, 1.54) is 6.07 Å². The lowest BCUT2D eigenvalue weighted by Crippen LogP contribution is -2.48. The van der Waals surface area contributed by atoms with E-state index < -0.39 is 61.4 Å². The van der Waals surface area contributed by atoms with Gasteiger partial charge in [0.05, 0.1) is 37.2 Å². The average Bonchev–Trinajstić information content (AvgIpc) is 3.15. The standard InChI is InChI=1S/C19H16F5N5O3/c20-4-10-5-27-14(6-26-10)16(30)28-9-1-2-13(21)11(3-9)18-8-32-15(19(22,23)24)12(18)7-31-17(25)29-18/h1-3,5-6,12,15H,4,7-8H2,(H2,25,29)(H,28,30)/t12?,15-,18?/m0/s1. The zero-order valence-corrected chi connectivity index (χ0v) is 16.2. The molecule has 0 spiro atoms. The number of carbonyl (C=O) groups excluding carboxylic acids is 1. The second kappa shape index (κ2) is 7.97. The number of nitrogens with zero attached hydrogens (tertiary/aromatic N) is 3. The Morgan fingerprint density at radius 1 is 1.28 bits per heavy atom. The van der Waals surface area contributed by atoms with Crippen LogP contribution in [0.4, 0.5) is 27.6 Å². The van der Waals surface area contributed by atoms with Crippen LogP contribution in [0, 0.1) is 11.7 Å². The van der Waals surface area contributed by atoms with E-state index in [1.807, 2.05) is 0 Å². The van der Waals surface area contributed by atoms with Crippen LogP contribution in [0.2, 0.25) is 0 Å². The molecule has 4 rings (SSSR count). The lowest BCUT2D eigenvalue weighted by Gasteiger charge is -2.36. The number of aliphatic imine (C=N–C) groups is 1. The second-order valence-electron chi connectivity index (χ2n) is 7.24. The number of hydrogen-bond acceptors (Lipinski definition) is 7. The number of nitrogens with two attached hydrogens (primary N) is 1. The van der Waals surface area contributed by atoms with E-state index >= 15 is 0 Å². The highest BCUT2D eigenvalue weighted by molar-refractivity contribution is 6.02. The largest absolute Gasteiger partial charge is 0.465 e. The highest BCUT2D eigenvalue weighted by Gasteiger charge is 2.62. The second-order valence-corrected chi connectivity index (χ2v) is 7.24. The fourth-order valence-electron chi connectivity index (χ4n) is 3.77. The lowest BCUT2D eigenvalue weighted by molar-refractivity contribution is -0.219. The maximum atomic E-state index is 14.8. The topological polar surface area (TPSA) is 112 Å². The summed E-state index contributed by atoms with van der Waals surface area (Å²) in [5.74, 6) is -2.99. The predicted molar refractivity (Wildman–Crippen MR) is 99.7 cm³/mol. The van der Waals surface area contributed by atoms with Crippen molar-refractivity contribution in [2.24, 2.45) is 16.6 Å². The van der Waals surface area contributed by atoms with E-state index in [1.54, 1.807) is 0 Å². The maximum absolute atomic E-state index is 14.8. The zero-order chi connectivity index (χ0) is 23.1. The summed E-state index contributed by atoms with van der Waals surface area (Å²) in [6, 6.07) is 2.96. The van der Waals surface area contributed by atoms with Crippen LogP contribution < -0.4 is 11.1 Å². The van der Waals surface area contributed by atoms with Crippen LogP contribution in [0.25, 0.3) is 0 Å². The van der Waals surface area contributed by atoms with E-state index in [2.05, 4.69) is 20.3 Å². The number of amidine groups is 1. The number of carbonyl (C=O) groups is 1. The maximum Gasteiger partial charge on any atom is 0.415 e. The Hall–Kier alpha value is -3.35. The molecule has 2 aliphatic rings. The third-order valence-electron chi connectivity index (χ3n) is 5.27.